The second kappa shape index (κ2) is 10.5. The van der Waals surface area contributed by atoms with Gasteiger partial charge in [-0.1, -0.05) is 41.5 Å². The van der Waals surface area contributed by atoms with Crippen molar-refractivity contribution < 1.29 is 23.8 Å². The molecule has 5 aliphatic carbocycles. The van der Waals surface area contributed by atoms with Crippen molar-refractivity contribution in [1.82, 2.24) is 15.5 Å². The number of rotatable bonds is 5. The number of alkyl carbamates (subject to hydrolysis) is 1. The zero-order valence-corrected chi connectivity index (χ0v) is 28.6. The molecular weight excluding hydrogens is 554 g/mol. The lowest BCUT2D eigenvalue weighted by atomic mass is 9.46. The van der Waals surface area contributed by atoms with Crippen LogP contribution in [0.15, 0.2) is 0 Å². The zero-order chi connectivity index (χ0) is 31.4. The summed E-state index contributed by atoms with van der Waals surface area (Å²) in [5, 5.41) is 6.28. The molecule has 7 fully saturated rings. The van der Waals surface area contributed by atoms with Gasteiger partial charge in [0.2, 0.25) is 0 Å². The zero-order valence-electron chi connectivity index (χ0n) is 28.6. The van der Waals surface area contributed by atoms with E-state index in [1.807, 2.05) is 0 Å². The molecule has 8 heteroatoms. The Bertz CT molecular complexity index is 1150. The van der Waals surface area contributed by atoms with E-state index >= 15 is 0 Å². The fourth-order valence-corrected chi connectivity index (χ4v) is 12.8. The monoisotopic (exact) mass is 613 g/mol. The highest BCUT2D eigenvalue weighted by Crippen LogP contribution is 2.87. The molecule has 0 bridgehead atoms. The largest absolute Gasteiger partial charge is 0.446 e. The van der Waals surface area contributed by atoms with Gasteiger partial charge in [-0.05, 0) is 110 Å². The van der Waals surface area contributed by atoms with E-state index in [2.05, 4.69) is 52.2 Å². The normalized spacial score (nSPS) is 47.5. The molecule has 7 unspecified atom stereocenters. The number of hydrogen-bond donors (Lipinski definition) is 2. The molecule has 2 aliphatic heterocycles. The molecular formula is C36H59N3O5. The minimum atomic E-state index is -0.272. The SMILES string of the molecule is CC(C)[C@@H](OC(=O)N(C)C)C1C[C@@H](C)C2C(CC3C4CCC5C(C)(C)[C@@H](OC(=O)NC6CNC6)CCC56C[C@@]46CC[C@@]32C)O1. The van der Waals surface area contributed by atoms with Crippen LogP contribution in [-0.4, -0.2) is 74.7 Å². The molecule has 7 rings (SSSR count). The summed E-state index contributed by atoms with van der Waals surface area (Å²) >= 11 is 0. The molecule has 2 spiro atoms. The van der Waals surface area contributed by atoms with Crippen LogP contribution in [0.3, 0.4) is 0 Å². The van der Waals surface area contributed by atoms with Gasteiger partial charge in [0.1, 0.15) is 12.2 Å². The maximum atomic E-state index is 12.8. The third kappa shape index (κ3) is 4.41. The Balaban J connectivity index is 1.07. The van der Waals surface area contributed by atoms with E-state index < -0.39 is 0 Å². The van der Waals surface area contributed by atoms with Crippen LogP contribution in [0, 0.1) is 57.2 Å². The van der Waals surface area contributed by atoms with Gasteiger partial charge < -0.3 is 29.7 Å². The van der Waals surface area contributed by atoms with Crippen molar-refractivity contribution in [2.45, 2.75) is 130 Å². The molecule has 2 heterocycles. The summed E-state index contributed by atoms with van der Waals surface area (Å²) in [5.41, 5.74) is 1.19. The second-order valence-electron chi connectivity index (χ2n) is 17.8. The van der Waals surface area contributed by atoms with E-state index in [9.17, 15) is 9.59 Å². The van der Waals surface area contributed by atoms with Crippen LogP contribution in [0.25, 0.3) is 0 Å². The van der Waals surface area contributed by atoms with E-state index in [1.165, 1.54) is 43.4 Å². The highest BCUT2D eigenvalue weighted by Gasteiger charge is 2.81. The molecule has 248 valence electrons. The highest BCUT2D eigenvalue weighted by atomic mass is 16.6. The van der Waals surface area contributed by atoms with Gasteiger partial charge in [0, 0.05) is 32.6 Å². The number of ether oxygens (including phenoxy) is 3. The number of nitrogens with one attached hydrogen (secondary N) is 2. The number of fused-ring (bicyclic) bond motifs is 4. The van der Waals surface area contributed by atoms with Crippen molar-refractivity contribution in [1.29, 1.82) is 0 Å². The fraction of sp³-hybridized carbons (Fsp3) is 0.944. The van der Waals surface area contributed by atoms with Gasteiger partial charge in [-0.15, -0.1) is 0 Å². The Hall–Kier alpha value is -1.54. The number of amides is 2. The van der Waals surface area contributed by atoms with Gasteiger partial charge in [0.25, 0.3) is 0 Å². The Kier molecular flexibility index (Phi) is 7.41. The first-order valence-corrected chi connectivity index (χ1v) is 17.9. The smallest absolute Gasteiger partial charge is 0.409 e. The number of nitrogens with zero attached hydrogens (tertiary/aromatic N) is 1. The van der Waals surface area contributed by atoms with E-state index in [1.54, 1.807) is 14.1 Å². The molecule has 0 aromatic rings. The molecule has 0 radical (unpaired) electrons. The summed E-state index contributed by atoms with van der Waals surface area (Å²) in [6, 6.07) is 0.209. The summed E-state index contributed by atoms with van der Waals surface area (Å²) < 4.78 is 19.2. The maximum absolute atomic E-state index is 12.8. The Morgan fingerprint density at radius 1 is 0.977 bits per heavy atom. The molecule has 44 heavy (non-hydrogen) atoms. The first kappa shape index (κ1) is 31.1. The molecule has 5 saturated carbocycles. The van der Waals surface area contributed by atoms with Crippen LogP contribution in [0.2, 0.25) is 0 Å². The van der Waals surface area contributed by atoms with Crippen molar-refractivity contribution in [3.63, 3.8) is 0 Å². The van der Waals surface area contributed by atoms with Gasteiger partial charge in [-0.25, -0.2) is 9.59 Å². The maximum Gasteiger partial charge on any atom is 0.409 e. The van der Waals surface area contributed by atoms with Gasteiger partial charge in [-0.2, -0.15) is 0 Å². The first-order chi connectivity index (χ1) is 20.7. The van der Waals surface area contributed by atoms with Crippen molar-refractivity contribution in [2.75, 3.05) is 27.2 Å². The van der Waals surface area contributed by atoms with Crippen molar-refractivity contribution in [2.24, 2.45) is 57.2 Å². The molecule has 0 aromatic heterocycles. The molecule has 0 aromatic carbocycles. The molecule has 2 N–H and O–H groups in total. The summed E-state index contributed by atoms with van der Waals surface area (Å²) in [5.74, 6) is 3.44. The Morgan fingerprint density at radius 3 is 2.39 bits per heavy atom. The summed E-state index contributed by atoms with van der Waals surface area (Å²) in [4.78, 5) is 26.9. The average Bonchev–Trinajstić information content (AvgIpc) is 3.49. The van der Waals surface area contributed by atoms with E-state index in [4.69, 9.17) is 14.2 Å². The lowest BCUT2D eigenvalue weighted by molar-refractivity contribution is -0.166. The standard InChI is InChI=1S/C36H59N3O5/c1-20(2)30(44-32(41)39(7)8)26-15-21(3)29-25(42-26)16-24-23-9-10-27-33(4,5)28(43-31(40)38-22-17-37-18-22)11-12-36(27)19-35(23,36)14-13-34(24,29)6/h20-30,37H,9-19H2,1-8H3,(H,38,40)/t21-,23?,24?,25?,26?,27?,28+,29?,30-,34+,35+,36?/m1/s1. The Morgan fingerprint density at radius 2 is 1.73 bits per heavy atom. The predicted molar refractivity (Wildman–Crippen MR) is 169 cm³/mol. The topological polar surface area (TPSA) is 89.1 Å². The van der Waals surface area contributed by atoms with Crippen LogP contribution in [0.5, 0.6) is 0 Å². The van der Waals surface area contributed by atoms with E-state index in [0.717, 1.165) is 38.3 Å². The van der Waals surface area contributed by atoms with Gasteiger partial charge in [-0.3, -0.25) is 0 Å². The van der Waals surface area contributed by atoms with Crippen molar-refractivity contribution in [3.05, 3.63) is 0 Å². The molecule has 7 aliphatic rings. The van der Waals surface area contributed by atoms with Crippen LogP contribution < -0.4 is 10.6 Å². The first-order valence-electron chi connectivity index (χ1n) is 17.9. The van der Waals surface area contributed by atoms with Crippen LogP contribution in [0.4, 0.5) is 9.59 Å². The lowest BCUT2D eigenvalue weighted by Crippen LogP contribution is -2.59. The van der Waals surface area contributed by atoms with Crippen molar-refractivity contribution in [3.8, 4) is 0 Å². The summed E-state index contributed by atoms with van der Waals surface area (Å²) in [6.45, 7) is 15.8. The minimum Gasteiger partial charge on any atom is -0.446 e. The summed E-state index contributed by atoms with van der Waals surface area (Å²) in [6.07, 6.45) is 10.4. The number of carbonyl (C=O) groups excluding carboxylic acids is 2. The van der Waals surface area contributed by atoms with Gasteiger partial charge >= 0.3 is 12.2 Å². The van der Waals surface area contributed by atoms with Crippen LogP contribution in [0.1, 0.15) is 99.3 Å². The van der Waals surface area contributed by atoms with Crippen molar-refractivity contribution >= 4 is 12.2 Å². The number of carbonyl (C=O) groups is 2. The highest BCUT2D eigenvalue weighted by molar-refractivity contribution is 5.68. The van der Waals surface area contributed by atoms with Crippen LogP contribution >= 0.6 is 0 Å². The van der Waals surface area contributed by atoms with E-state index in [-0.39, 0.29) is 54.0 Å². The summed E-state index contributed by atoms with van der Waals surface area (Å²) in [7, 11) is 3.51. The average molecular weight is 614 g/mol. The minimum absolute atomic E-state index is 0.00691. The molecule has 2 amide bonds. The number of hydrogen-bond acceptors (Lipinski definition) is 6. The molecule has 12 atom stereocenters. The van der Waals surface area contributed by atoms with Crippen LogP contribution in [-0.2, 0) is 14.2 Å². The fourth-order valence-electron chi connectivity index (χ4n) is 12.8. The van der Waals surface area contributed by atoms with Gasteiger partial charge in [0.05, 0.1) is 18.2 Å². The predicted octanol–water partition coefficient (Wildman–Crippen LogP) is 6.23. The molecule has 2 saturated heterocycles. The Labute approximate surface area is 265 Å². The molecule has 8 nitrogen and oxygen atoms in total. The quantitative estimate of drug-likeness (QED) is 0.382. The lowest BCUT2D eigenvalue weighted by Gasteiger charge is -2.59. The second-order valence-corrected chi connectivity index (χ2v) is 17.8. The third-order valence-corrected chi connectivity index (χ3v) is 14.9. The van der Waals surface area contributed by atoms with E-state index in [0.29, 0.717) is 39.9 Å². The third-order valence-electron chi connectivity index (χ3n) is 14.9. The van der Waals surface area contributed by atoms with Gasteiger partial charge in [0.15, 0.2) is 0 Å².